The van der Waals surface area contributed by atoms with Crippen molar-refractivity contribution < 1.29 is 27.6 Å². The van der Waals surface area contributed by atoms with Gasteiger partial charge in [-0.05, 0) is 42.2 Å². The maximum Gasteiger partial charge on any atom is 0.416 e. The predicted octanol–water partition coefficient (Wildman–Crippen LogP) is 5.13. The second-order valence-corrected chi connectivity index (χ2v) is 11.7. The Hall–Kier alpha value is -3.53. The fourth-order valence-electron chi connectivity index (χ4n) is 5.87. The van der Waals surface area contributed by atoms with Crippen LogP contribution >= 0.6 is 11.6 Å². The van der Waals surface area contributed by atoms with Crippen LogP contribution in [-0.4, -0.2) is 57.3 Å². The zero-order valence-corrected chi connectivity index (χ0v) is 22.4. The molecule has 5 rings (SSSR count). The molecule has 2 aromatic carbocycles. The predicted molar refractivity (Wildman–Crippen MR) is 140 cm³/mol. The lowest BCUT2D eigenvalue weighted by molar-refractivity contribution is -0.140. The molecule has 2 aliphatic heterocycles. The highest BCUT2D eigenvalue weighted by molar-refractivity contribution is 6.33. The van der Waals surface area contributed by atoms with E-state index in [-0.39, 0.29) is 47.4 Å². The van der Waals surface area contributed by atoms with Crippen molar-refractivity contribution in [3.05, 3.63) is 70.4 Å². The summed E-state index contributed by atoms with van der Waals surface area (Å²) in [7, 11) is 0. The van der Waals surface area contributed by atoms with Crippen LogP contribution in [0.5, 0.6) is 0 Å². The summed E-state index contributed by atoms with van der Waals surface area (Å²) < 4.78 is 41.5. The number of alkyl halides is 3. The van der Waals surface area contributed by atoms with E-state index in [0.29, 0.717) is 11.9 Å². The van der Waals surface area contributed by atoms with Crippen molar-refractivity contribution in [2.45, 2.75) is 51.5 Å². The number of carbonyl (C=O) groups excluding carboxylic acids is 3. The zero-order chi connectivity index (χ0) is 28.4. The third-order valence-corrected chi connectivity index (χ3v) is 7.95. The Kier molecular flexibility index (Phi) is 6.44. The Labute approximate surface area is 228 Å². The van der Waals surface area contributed by atoms with Crippen LogP contribution in [0.1, 0.15) is 59.6 Å². The fourth-order valence-corrected chi connectivity index (χ4v) is 6.07. The zero-order valence-electron chi connectivity index (χ0n) is 21.6. The summed E-state index contributed by atoms with van der Waals surface area (Å²) in [5.74, 6) is -1.44. The topological polar surface area (TPSA) is 88.6 Å². The van der Waals surface area contributed by atoms with Gasteiger partial charge < -0.3 is 20.1 Å². The lowest BCUT2D eigenvalue weighted by Gasteiger charge is -2.40. The van der Waals surface area contributed by atoms with Gasteiger partial charge in [-0.25, -0.2) is 0 Å². The molecule has 2 bridgehead atoms. The van der Waals surface area contributed by atoms with E-state index in [0.717, 1.165) is 23.6 Å². The van der Waals surface area contributed by atoms with Crippen LogP contribution in [0.2, 0.25) is 5.02 Å². The first-order valence-electron chi connectivity index (χ1n) is 12.6. The number of primary amides is 1. The number of piperazine rings is 1. The molecule has 2 saturated heterocycles. The molecule has 3 heterocycles. The van der Waals surface area contributed by atoms with Gasteiger partial charge in [0.2, 0.25) is 5.91 Å². The second-order valence-electron chi connectivity index (χ2n) is 11.3. The highest BCUT2D eigenvalue weighted by Gasteiger charge is 2.50. The molecule has 0 spiro atoms. The molecule has 0 unspecified atom stereocenters. The van der Waals surface area contributed by atoms with Gasteiger partial charge in [0, 0.05) is 24.0 Å². The van der Waals surface area contributed by atoms with Crippen LogP contribution in [0, 0.1) is 5.41 Å². The summed E-state index contributed by atoms with van der Waals surface area (Å²) in [5, 5.41) is 0.723. The molecule has 3 aromatic rings. The maximum absolute atomic E-state index is 14.2. The number of fused-ring (bicyclic) bond motifs is 3. The van der Waals surface area contributed by atoms with Crippen molar-refractivity contribution in [2.75, 3.05) is 13.1 Å². The molecule has 3 atom stereocenters. The molecule has 3 amide bonds. The van der Waals surface area contributed by atoms with Crippen molar-refractivity contribution in [3.8, 4) is 0 Å². The average molecular weight is 561 g/mol. The lowest BCUT2D eigenvalue weighted by Crippen LogP contribution is -2.53. The van der Waals surface area contributed by atoms with E-state index in [9.17, 15) is 27.6 Å². The van der Waals surface area contributed by atoms with E-state index in [4.69, 9.17) is 17.3 Å². The summed E-state index contributed by atoms with van der Waals surface area (Å²) in [4.78, 5) is 43.1. The molecule has 2 aliphatic rings. The Morgan fingerprint density at radius 3 is 2.21 bits per heavy atom. The molecular formula is C28H28ClF3N4O3. The number of para-hydroxylation sites is 1. The van der Waals surface area contributed by atoms with Crippen LogP contribution in [0.4, 0.5) is 13.2 Å². The van der Waals surface area contributed by atoms with Crippen molar-refractivity contribution in [1.82, 2.24) is 14.4 Å². The average Bonchev–Trinajstić information content (AvgIpc) is 3.55. The Morgan fingerprint density at radius 2 is 1.62 bits per heavy atom. The number of carbonyl (C=O) groups is 3. The summed E-state index contributed by atoms with van der Waals surface area (Å²) in [6.07, 6.45) is -4.11. The number of amides is 3. The summed E-state index contributed by atoms with van der Waals surface area (Å²) in [6, 6.07) is 10.3. The molecular weight excluding hydrogens is 533 g/mol. The van der Waals surface area contributed by atoms with Gasteiger partial charge in [-0.3, -0.25) is 14.4 Å². The normalized spacial score (nSPS) is 20.1. The van der Waals surface area contributed by atoms with Crippen molar-refractivity contribution in [3.63, 3.8) is 0 Å². The molecule has 39 heavy (non-hydrogen) atoms. The van der Waals surface area contributed by atoms with E-state index in [1.807, 2.05) is 45.0 Å². The molecule has 0 saturated carbocycles. The fraction of sp³-hybridized carbons (Fsp3) is 0.393. The summed E-state index contributed by atoms with van der Waals surface area (Å²) in [6.45, 7) is 6.13. The van der Waals surface area contributed by atoms with Gasteiger partial charge in [-0.2, -0.15) is 13.2 Å². The van der Waals surface area contributed by atoms with Crippen molar-refractivity contribution in [1.29, 1.82) is 0 Å². The number of hydrogen-bond donors (Lipinski definition) is 1. The lowest BCUT2D eigenvalue weighted by atomic mass is 9.85. The van der Waals surface area contributed by atoms with Gasteiger partial charge in [0.1, 0.15) is 11.7 Å². The standard InChI is InChI=1S/C28H28ClF3N4O3/c1-27(2,3)23(36-21-7-5-4-6-15(21)10-22(36)24(33)37)26(39)35-14-17-12-18(35)13-34(17)25(38)19-11-16(28(30,31)32)8-9-20(19)29/h4-11,17-18,23H,12-14H2,1-3H3,(H2,33,37)/t17-,18-,23+/m0/s1. The minimum Gasteiger partial charge on any atom is -0.364 e. The van der Waals surface area contributed by atoms with Gasteiger partial charge in [0.15, 0.2) is 0 Å². The van der Waals surface area contributed by atoms with Gasteiger partial charge in [0.05, 0.1) is 28.2 Å². The van der Waals surface area contributed by atoms with Crippen molar-refractivity contribution in [2.24, 2.45) is 11.1 Å². The largest absolute Gasteiger partial charge is 0.416 e. The molecule has 2 fully saturated rings. The number of nitrogens with zero attached hydrogens (tertiary/aromatic N) is 3. The highest BCUT2D eigenvalue weighted by Crippen LogP contribution is 2.41. The Bertz CT molecular complexity index is 1490. The van der Waals surface area contributed by atoms with Crippen LogP contribution in [0.3, 0.4) is 0 Å². The molecule has 2 N–H and O–H groups in total. The second kappa shape index (κ2) is 9.29. The van der Waals surface area contributed by atoms with E-state index in [1.54, 1.807) is 15.5 Å². The Balaban J connectivity index is 1.44. The molecule has 0 aliphatic carbocycles. The number of benzene rings is 2. The van der Waals surface area contributed by atoms with Crippen LogP contribution in [-0.2, 0) is 11.0 Å². The third kappa shape index (κ3) is 4.64. The van der Waals surface area contributed by atoms with E-state index in [2.05, 4.69) is 0 Å². The first-order valence-corrected chi connectivity index (χ1v) is 12.9. The number of nitrogens with two attached hydrogens (primary N) is 1. The van der Waals surface area contributed by atoms with Crippen LogP contribution in [0.15, 0.2) is 48.5 Å². The summed E-state index contributed by atoms with van der Waals surface area (Å²) in [5.41, 5.74) is 4.89. The number of rotatable bonds is 4. The summed E-state index contributed by atoms with van der Waals surface area (Å²) >= 11 is 6.12. The van der Waals surface area contributed by atoms with E-state index in [1.165, 1.54) is 4.90 Å². The molecule has 1 aromatic heterocycles. The minimum absolute atomic E-state index is 0.0602. The van der Waals surface area contributed by atoms with Crippen molar-refractivity contribution >= 4 is 40.2 Å². The van der Waals surface area contributed by atoms with Gasteiger partial charge in [-0.1, -0.05) is 50.6 Å². The first kappa shape index (κ1) is 27.1. The number of halogens is 4. The molecule has 11 heteroatoms. The molecule has 7 nitrogen and oxygen atoms in total. The van der Waals surface area contributed by atoms with Gasteiger partial charge in [-0.15, -0.1) is 0 Å². The SMILES string of the molecule is CC(C)(C)[C@@H](C(=O)N1C[C@@H]2C[C@H]1CN2C(=O)c1cc(C(F)(F)F)ccc1Cl)n1c(C(N)=O)cc2ccccc21. The minimum atomic E-state index is -4.61. The number of likely N-dealkylation sites (tertiary alicyclic amines) is 2. The number of hydrogen-bond acceptors (Lipinski definition) is 3. The molecule has 206 valence electrons. The Morgan fingerprint density at radius 1 is 0.974 bits per heavy atom. The smallest absolute Gasteiger partial charge is 0.364 e. The van der Waals surface area contributed by atoms with Crippen LogP contribution in [0.25, 0.3) is 10.9 Å². The van der Waals surface area contributed by atoms with E-state index >= 15 is 0 Å². The maximum atomic E-state index is 14.2. The van der Waals surface area contributed by atoms with Gasteiger partial charge >= 0.3 is 6.18 Å². The van der Waals surface area contributed by atoms with E-state index < -0.39 is 35.0 Å². The third-order valence-electron chi connectivity index (χ3n) is 7.62. The number of aromatic nitrogens is 1. The van der Waals surface area contributed by atoms with Crippen LogP contribution < -0.4 is 5.73 Å². The highest BCUT2D eigenvalue weighted by atomic mass is 35.5. The molecule has 0 radical (unpaired) electrons. The first-order chi connectivity index (χ1) is 18.2. The quantitative estimate of drug-likeness (QED) is 0.480. The van der Waals surface area contributed by atoms with Gasteiger partial charge in [0.25, 0.3) is 11.8 Å². The monoisotopic (exact) mass is 560 g/mol.